The number of H-pyrrole nitrogens is 1. The topological polar surface area (TPSA) is 76.0 Å². The number of hydrogen-bond donors (Lipinski definition) is 3. The van der Waals surface area contributed by atoms with Crippen LogP contribution >= 0.6 is 0 Å². The Balaban J connectivity index is 1.70. The summed E-state index contributed by atoms with van der Waals surface area (Å²) >= 11 is 0. The summed E-state index contributed by atoms with van der Waals surface area (Å²) in [7, 11) is 0. The zero-order valence-corrected chi connectivity index (χ0v) is 8.12. The molecule has 1 aliphatic heterocycles. The zero-order chi connectivity index (χ0) is 9.80. The molecular weight excluding hydrogens is 180 g/mol. The van der Waals surface area contributed by atoms with Crippen molar-refractivity contribution in [2.75, 3.05) is 24.2 Å². The summed E-state index contributed by atoms with van der Waals surface area (Å²) in [5.41, 5.74) is 6.50. The van der Waals surface area contributed by atoms with Gasteiger partial charge in [0.2, 0.25) is 0 Å². The standard InChI is InChI=1S/C9H16N4O/c10-9-8(6-12-13-9)11-4-3-7-2-1-5-14-7/h6-7,11H,1-5H2,(H3,10,12,13). The van der Waals surface area contributed by atoms with E-state index in [1.807, 2.05) is 0 Å². The largest absolute Gasteiger partial charge is 0.382 e. The zero-order valence-electron chi connectivity index (χ0n) is 8.12. The second kappa shape index (κ2) is 4.32. The van der Waals surface area contributed by atoms with Gasteiger partial charge in [-0.15, -0.1) is 0 Å². The molecule has 1 aliphatic rings. The van der Waals surface area contributed by atoms with Crippen molar-refractivity contribution in [3.8, 4) is 0 Å². The van der Waals surface area contributed by atoms with Gasteiger partial charge in [-0.2, -0.15) is 5.10 Å². The lowest BCUT2D eigenvalue weighted by molar-refractivity contribution is 0.107. The molecule has 1 aromatic heterocycles. The minimum absolute atomic E-state index is 0.427. The predicted molar refractivity (Wildman–Crippen MR) is 55.1 cm³/mol. The maximum atomic E-state index is 5.62. The van der Waals surface area contributed by atoms with Crippen LogP contribution in [0.2, 0.25) is 0 Å². The van der Waals surface area contributed by atoms with Gasteiger partial charge >= 0.3 is 0 Å². The van der Waals surface area contributed by atoms with Crippen molar-refractivity contribution in [3.63, 3.8) is 0 Å². The minimum Gasteiger partial charge on any atom is -0.382 e. The van der Waals surface area contributed by atoms with Gasteiger partial charge in [-0.3, -0.25) is 5.10 Å². The second-order valence-corrected chi connectivity index (χ2v) is 3.55. The first kappa shape index (κ1) is 9.33. The van der Waals surface area contributed by atoms with E-state index in [0.29, 0.717) is 11.9 Å². The molecule has 4 N–H and O–H groups in total. The lowest BCUT2D eigenvalue weighted by Crippen LogP contribution is -2.12. The maximum absolute atomic E-state index is 5.62. The molecule has 2 rings (SSSR count). The van der Waals surface area contributed by atoms with Gasteiger partial charge in [0.1, 0.15) is 5.82 Å². The van der Waals surface area contributed by atoms with Crippen molar-refractivity contribution in [1.82, 2.24) is 10.2 Å². The molecule has 5 nitrogen and oxygen atoms in total. The number of anilines is 2. The predicted octanol–water partition coefficient (Wildman–Crippen LogP) is 0.973. The average molecular weight is 196 g/mol. The number of ether oxygens (including phenoxy) is 1. The number of nitrogens with zero attached hydrogens (tertiary/aromatic N) is 1. The normalized spacial score (nSPS) is 21.3. The smallest absolute Gasteiger partial charge is 0.142 e. The highest BCUT2D eigenvalue weighted by molar-refractivity contribution is 5.59. The van der Waals surface area contributed by atoms with Crippen molar-refractivity contribution in [2.45, 2.75) is 25.4 Å². The van der Waals surface area contributed by atoms with E-state index < -0.39 is 0 Å². The third kappa shape index (κ3) is 2.17. The van der Waals surface area contributed by atoms with Gasteiger partial charge in [-0.25, -0.2) is 0 Å². The number of rotatable bonds is 4. The first-order chi connectivity index (χ1) is 6.86. The Kier molecular flexibility index (Phi) is 2.88. The number of nitrogens with one attached hydrogen (secondary N) is 2. The Morgan fingerprint density at radius 1 is 1.71 bits per heavy atom. The number of nitrogen functional groups attached to an aromatic ring is 1. The van der Waals surface area contributed by atoms with Gasteiger partial charge in [0.25, 0.3) is 0 Å². The van der Waals surface area contributed by atoms with Crippen LogP contribution in [-0.2, 0) is 4.74 Å². The molecule has 1 fully saturated rings. The summed E-state index contributed by atoms with van der Waals surface area (Å²) < 4.78 is 5.51. The van der Waals surface area contributed by atoms with Crippen LogP contribution in [-0.4, -0.2) is 29.5 Å². The molecule has 0 radical (unpaired) electrons. The highest BCUT2D eigenvalue weighted by atomic mass is 16.5. The average Bonchev–Trinajstić information content (AvgIpc) is 2.78. The van der Waals surface area contributed by atoms with Crippen LogP contribution in [0.5, 0.6) is 0 Å². The molecule has 1 unspecified atom stereocenters. The SMILES string of the molecule is Nc1[nH]ncc1NCCC1CCCO1. The Hall–Kier alpha value is -1.23. The lowest BCUT2D eigenvalue weighted by atomic mass is 10.2. The van der Waals surface area contributed by atoms with Crippen molar-refractivity contribution in [1.29, 1.82) is 0 Å². The Labute approximate surface area is 83.0 Å². The molecule has 5 heteroatoms. The summed E-state index contributed by atoms with van der Waals surface area (Å²) in [6.45, 7) is 1.80. The molecule has 1 atom stereocenters. The number of aromatic nitrogens is 2. The highest BCUT2D eigenvalue weighted by Crippen LogP contribution is 2.17. The molecule has 78 valence electrons. The van der Waals surface area contributed by atoms with E-state index in [2.05, 4.69) is 15.5 Å². The van der Waals surface area contributed by atoms with Crippen LogP contribution in [0.3, 0.4) is 0 Å². The van der Waals surface area contributed by atoms with Crippen molar-refractivity contribution in [3.05, 3.63) is 6.20 Å². The van der Waals surface area contributed by atoms with Gasteiger partial charge in [0, 0.05) is 13.2 Å². The van der Waals surface area contributed by atoms with Gasteiger partial charge in [-0.1, -0.05) is 0 Å². The number of aromatic amines is 1. The molecule has 0 bridgehead atoms. The Bertz CT molecular complexity index is 280. The van der Waals surface area contributed by atoms with Gasteiger partial charge in [0.15, 0.2) is 0 Å². The maximum Gasteiger partial charge on any atom is 0.142 e. The molecule has 14 heavy (non-hydrogen) atoms. The monoisotopic (exact) mass is 196 g/mol. The molecular formula is C9H16N4O. The van der Waals surface area contributed by atoms with E-state index in [9.17, 15) is 0 Å². The summed E-state index contributed by atoms with van der Waals surface area (Å²) in [4.78, 5) is 0. The third-order valence-corrected chi connectivity index (χ3v) is 2.47. The van der Waals surface area contributed by atoms with E-state index in [1.54, 1.807) is 6.20 Å². The van der Waals surface area contributed by atoms with E-state index in [-0.39, 0.29) is 0 Å². The number of nitrogens with two attached hydrogens (primary N) is 1. The fraction of sp³-hybridized carbons (Fsp3) is 0.667. The molecule has 1 saturated heterocycles. The second-order valence-electron chi connectivity index (χ2n) is 3.55. The number of hydrogen-bond acceptors (Lipinski definition) is 4. The molecule has 0 aliphatic carbocycles. The molecule has 0 amide bonds. The molecule has 0 saturated carbocycles. The van der Waals surface area contributed by atoms with Crippen LogP contribution in [0.15, 0.2) is 6.20 Å². The first-order valence-corrected chi connectivity index (χ1v) is 5.00. The summed E-state index contributed by atoms with van der Waals surface area (Å²) in [6.07, 6.45) is 5.53. The fourth-order valence-corrected chi connectivity index (χ4v) is 1.68. The Morgan fingerprint density at radius 2 is 2.64 bits per heavy atom. The lowest BCUT2D eigenvalue weighted by Gasteiger charge is -2.09. The van der Waals surface area contributed by atoms with Crippen molar-refractivity contribution >= 4 is 11.5 Å². The minimum atomic E-state index is 0.427. The molecule has 0 aromatic carbocycles. The van der Waals surface area contributed by atoms with Crippen molar-refractivity contribution < 1.29 is 4.74 Å². The van der Waals surface area contributed by atoms with E-state index >= 15 is 0 Å². The van der Waals surface area contributed by atoms with Crippen molar-refractivity contribution in [2.24, 2.45) is 0 Å². The van der Waals surface area contributed by atoms with Crippen LogP contribution in [0, 0.1) is 0 Å². The molecule has 1 aromatic rings. The van der Waals surface area contributed by atoms with E-state index in [1.165, 1.54) is 12.8 Å². The summed E-state index contributed by atoms with van der Waals surface area (Å²) in [6, 6.07) is 0. The third-order valence-electron chi connectivity index (χ3n) is 2.47. The van der Waals surface area contributed by atoms with Gasteiger partial charge < -0.3 is 15.8 Å². The van der Waals surface area contributed by atoms with Gasteiger partial charge in [-0.05, 0) is 19.3 Å². The van der Waals surface area contributed by atoms with E-state index in [0.717, 1.165) is 25.3 Å². The van der Waals surface area contributed by atoms with E-state index in [4.69, 9.17) is 10.5 Å². The fourth-order valence-electron chi connectivity index (χ4n) is 1.68. The van der Waals surface area contributed by atoms with Crippen LogP contribution in [0.1, 0.15) is 19.3 Å². The Morgan fingerprint density at radius 3 is 3.29 bits per heavy atom. The van der Waals surface area contributed by atoms with Crippen LogP contribution < -0.4 is 11.1 Å². The first-order valence-electron chi connectivity index (χ1n) is 5.00. The van der Waals surface area contributed by atoms with Crippen LogP contribution in [0.4, 0.5) is 11.5 Å². The quantitative estimate of drug-likeness (QED) is 0.670. The summed E-state index contributed by atoms with van der Waals surface area (Å²) in [5, 5.41) is 9.73. The highest BCUT2D eigenvalue weighted by Gasteiger charge is 2.14. The molecule has 0 spiro atoms. The summed E-state index contributed by atoms with van der Waals surface area (Å²) in [5.74, 6) is 0.595. The molecule has 2 heterocycles. The van der Waals surface area contributed by atoms with Crippen LogP contribution in [0.25, 0.3) is 0 Å². The van der Waals surface area contributed by atoms with Gasteiger partial charge in [0.05, 0.1) is 18.0 Å².